The zero-order valence-corrected chi connectivity index (χ0v) is 17.0. The Hall–Kier alpha value is -1.86. The van der Waals surface area contributed by atoms with Crippen LogP contribution in [0, 0.1) is 5.41 Å². The number of nitrogens with zero attached hydrogens (tertiary/aromatic N) is 1. The Morgan fingerprint density at radius 3 is 2.23 bits per heavy atom. The van der Waals surface area contributed by atoms with Crippen molar-refractivity contribution >= 4 is 46.9 Å². The highest BCUT2D eigenvalue weighted by atomic mass is 35.5. The van der Waals surface area contributed by atoms with Crippen molar-refractivity contribution in [2.45, 2.75) is 53.6 Å². The number of rotatable bonds is 4. The zero-order chi connectivity index (χ0) is 20.3. The molecule has 1 aromatic rings. The van der Waals surface area contributed by atoms with Gasteiger partial charge in [-0.15, -0.1) is 0 Å². The van der Waals surface area contributed by atoms with Crippen molar-refractivity contribution in [2.24, 2.45) is 5.41 Å². The predicted octanol–water partition coefficient (Wildman–Crippen LogP) is 4.86. The topological polar surface area (TPSA) is 94.6 Å². The lowest BCUT2D eigenvalue weighted by Gasteiger charge is -2.24. The van der Waals surface area contributed by atoms with E-state index in [4.69, 9.17) is 32.7 Å². The lowest BCUT2D eigenvalue weighted by Crippen LogP contribution is -2.30. The van der Waals surface area contributed by atoms with Crippen molar-refractivity contribution in [2.75, 3.05) is 5.32 Å². The molecule has 9 heteroatoms. The van der Waals surface area contributed by atoms with Gasteiger partial charge in [-0.2, -0.15) is 0 Å². The van der Waals surface area contributed by atoms with Crippen LogP contribution in [0.25, 0.3) is 0 Å². The molecule has 0 fully saturated rings. The summed E-state index contributed by atoms with van der Waals surface area (Å²) in [5.74, 6) is -1.53. The highest BCUT2D eigenvalue weighted by Crippen LogP contribution is 2.29. The van der Waals surface area contributed by atoms with Crippen molar-refractivity contribution in [3.05, 3.63) is 21.9 Å². The Bertz CT molecular complexity index is 727. The summed E-state index contributed by atoms with van der Waals surface area (Å²) in [4.78, 5) is 40.1. The zero-order valence-electron chi connectivity index (χ0n) is 15.5. The second-order valence-electron chi connectivity index (χ2n) is 7.21. The van der Waals surface area contributed by atoms with E-state index in [2.05, 4.69) is 10.3 Å². The van der Waals surface area contributed by atoms with Crippen LogP contribution < -0.4 is 5.32 Å². The van der Waals surface area contributed by atoms with Gasteiger partial charge in [-0.05, 0) is 41.0 Å². The minimum atomic E-state index is -1.08. The van der Waals surface area contributed by atoms with Gasteiger partial charge in [0.15, 0.2) is 0 Å². The van der Waals surface area contributed by atoms with Gasteiger partial charge in [0.2, 0.25) is 0 Å². The molecule has 0 aromatic carbocycles. The predicted molar refractivity (Wildman–Crippen MR) is 98.6 cm³/mol. The first-order valence-corrected chi connectivity index (χ1v) is 8.65. The van der Waals surface area contributed by atoms with Crippen molar-refractivity contribution < 1.29 is 23.9 Å². The van der Waals surface area contributed by atoms with Crippen molar-refractivity contribution in [1.82, 2.24) is 4.98 Å². The van der Waals surface area contributed by atoms with Crippen LogP contribution in [-0.2, 0) is 14.3 Å². The Morgan fingerprint density at radius 2 is 1.73 bits per heavy atom. The van der Waals surface area contributed by atoms with Gasteiger partial charge in [0, 0.05) is 6.07 Å². The normalized spacial score (nSPS) is 11.7. The van der Waals surface area contributed by atoms with E-state index >= 15 is 0 Å². The second kappa shape index (κ2) is 8.22. The van der Waals surface area contributed by atoms with Gasteiger partial charge >= 0.3 is 18.0 Å². The highest BCUT2D eigenvalue weighted by Gasteiger charge is 2.29. The Kier molecular flexibility index (Phi) is 7.02. The SMILES string of the molecule is CCC(C)(C)OC(=O)c1c(NC(=O)OC(=O)C(C)(C)C)cc(Cl)nc1Cl. The summed E-state index contributed by atoms with van der Waals surface area (Å²) in [6.45, 7) is 10.1. The minimum Gasteiger partial charge on any atom is -0.456 e. The van der Waals surface area contributed by atoms with Crippen molar-refractivity contribution in [1.29, 1.82) is 0 Å². The van der Waals surface area contributed by atoms with Crippen LogP contribution in [0.4, 0.5) is 10.5 Å². The standard InChI is InChI=1S/C17H22Cl2N2O5/c1-7-17(5,6)26-13(22)11-9(8-10(18)21-12(11)19)20-15(24)25-14(23)16(2,3)4/h8H,7H2,1-6H3,(H,20,21,24). The van der Waals surface area contributed by atoms with E-state index < -0.39 is 29.0 Å². The van der Waals surface area contributed by atoms with Crippen LogP contribution >= 0.6 is 23.2 Å². The number of pyridine rings is 1. The van der Waals surface area contributed by atoms with Gasteiger partial charge < -0.3 is 9.47 Å². The van der Waals surface area contributed by atoms with Gasteiger partial charge in [0.05, 0.1) is 11.1 Å². The summed E-state index contributed by atoms with van der Waals surface area (Å²) < 4.78 is 10.1. The van der Waals surface area contributed by atoms with E-state index in [1.807, 2.05) is 6.92 Å². The molecule has 1 amide bonds. The molecule has 0 saturated heterocycles. The Morgan fingerprint density at radius 1 is 1.15 bits per heavy atom. The average molecular weight is 405 g/mol. The van der Waals surface area contributed by atoms with Crippen LogP contribution in [0.3, 0.4) is 0 Å². The average Bonchev–Trinajstić information content (AvgIpc) is 2.44. The largest absolute Gasteiger partial charge is 0.456 e. The van der Waals surface area contributed by atoms with Gasteiger partial charge in [-0.3, -0.25) is 10.1 Å². The Balaban J connectivity index is 3.13. The smallest absolute Gasteiger partial charge is 0.419 e. The molecule has 144 valence electrons. The molecule has 0 aliphatic carbocycles. The van der Waals surface area contributed by atoms with Crippen LogP contribution in [0.1, 0.15) is 58.3 Å². The summed E-state index contributed by atoms with van der Waals surface area (Å²) in [6, 6.07) is 1.21. The summed E-state index contributed by atoms with van der Waals surface area (Å²) in [6.07, 6.45) is -0.519. The lowest BCUT2D eigenvalue weighted by molar-refractivity contribution is -0.145. The fourth-order valence-electron chi connectivity index (χ4n) is 1.52. The number of anilines is 1. The molecule has 0 aliphatic rings. The van der Waals surface area contributed by atoms with Crippen LogP contribution in [0.2, 0.25) is 10.3 Å². The molecule has 1 N–H and O–H groups in total. The first-order chi connectivity index (χ1) is 11.8. The van der Waals surface area contributed by atoms with Crippen LogP contribution in [0.15, 0.2) is 6.07 Å². The van der Waals surface area contributed by atoms with Gasteiger partial charge in [-0.1, -0.05) is 30.1 Å². The van der Waals surface area contributed by atoms with Gasteiger partial charge in [0.25, 0.3) is 0 Å². The molecule has 26 heavy (non-hydrogen) atoms. The molecule has 7 nitrogen and oxygen atoms in total. The number of halogens is 2. The quantitative estimate of drug-likeness (QED) is 0.437. The fraction of sp³-hybridized carbons (Fsp3) is 0.529. The number of carbonyl (C=O) groups excluding carboxylic acids is 3. The summed E-state index contributed by atoms with van der Waals surface area (Å²) >= 11 is 11.9. The first kappa shape index (κ1) is 22.2. The molecule has 0 atom stereocenters. The maximum absolute atomic E-state index is 12.5. The van der Waals surface area contributed by atoms with E-state index in [1.165, 1.54) is 6.07 Å². The highest BCUT2D eigenvalue weighted by molar-refractivity contribution is 6.35. The molecular weight excluding hydrogens is 383 g/mol. The van der Waals surface area contributed by atoms with Gasteiger partial charge in [-0.25, -0.2) is 14.6 Å². The number of hydrogen-bond acceptors (Lipinski definition) is 6. The fourth-order valence-corrected chi connectivity index (χ4v) is 2.03. The van der Waals surface area contributed by atoms with E-state index in [0.29, 0.717) is 6.42 Å². The summed E-state index contributed by atoms with van der Waals surface area (Å²) in [5, 5.41) is 1.99. The van der Waals surface area contributed by atoms with E-state index in [1.54, 1.807) is 34.6 Å². The molecule has 0 radical (unpaired) electrons. The maximum Gasteiger partial charge on any atom is 0.419 e. The number of esters is 2. The third-order valence-corrected chi connectivity index (χ3v) is 3.87. The third-order valence-electron chi connectivity index (χ3n) is 3.40. The maximum atomic E-state index is 12.5. The molecular formula is C17H22Cl2N2O5. The molecule has 0 spiro atoms. The lowest BCUT2D eigenvalue weighted by atomic mass is 9.97. The monoisotopic (exact) mass is 404 g/mol. The van der Waals surface area contributed by atoms with Gasteiger partial charge in [0.1, 0.15) is 21.5 Å². The number of amides is 1. The second-order valence-corrected chi connectivity index (χ2v) is 7.96. The summed E-state index contributed by atoms with van der Waals surface area (Å²) in [5.41, 5.74) is -1.88. The molecule has 0 unspecified atom stereocenters. The number of hydrogen-bond donors (Lipinski definition) is 1. The van der Waals surface area contributed by atoms with E-state index in [9.17, 15) is 14.4 Å². The molecule has 1 heterocycles. The van der Waals surface area contributed by atoms with Crippen molar-refractivity contribution in [3.8, 4) is 0 Å². The number of aromatic nitrogens is 1. The van der Waals surface area contributed by atoms with Crippen LogP contribution in [-0.4, -0.2) is 28.6 Å². The molecule has 1 aromatic heterocycles. The van der Waals surface area contributed by atoms with E-state index in [0.717, 1.165) is 0 Å². The van der Waals surface area contributed by atoms with Crippen LogP contribution in [0.5, 0.6) is 0 Å². The third kappa shape index (κ3) is 6.14. The molecule has 0 bridgehead atoms. The minimum absolute atomic E-state index is 0.0567. The molecule has 1 rings (SSSR count). The molecule has 0 aliphatic heterocycles. The summed E-state index contributed by atoms with van der Waals surface area (Å²) in [7, 11) is 0. The number of carbonyl (C=O) groups is 3. The van der Waals surface area contributed by atoms with E-state index in [-0.39, 0.29) is 21.6 Å². The van der Waals surface area contributed by atoms with Crippen molar-refractivity contribution in [3.63, 3.8) is 0 Å². The number of ether oxygens (including phenoxy) is 2. The number of nitrogens with one attached hydrogen (secondary N) is 1. The Labute approximate surface area is 162 Å². The first-order valence-electron chi connectivity index (χ1n) is 7.89. The molecule has 0 saturated carbocycles.